The zero-order valence-electron chi connectivity index (χ0n) is 12.0. The van der Waals surface area contributed by atoms with Crippen LogP contribution in [0.3, 0.4) is 0 Å². The monoisotopic (exact) mass is 308 g/mol. The highest BCUT2D eigenvalue weighted by atomic mass is 19.4. The fourth-order valence-electron chi connectivity index (χ4n) is 1.81. The Bertz CT molecular complexity index is 487. The molecule has 0 aliphatic carbocycles. The number of urea groups is 1. The Kier molecular flexibility index (Phi) is 5.21. The van der Waals surface area contributed by atoms with E-state index in [0.717, 1.165) is 4.57 Å². The number of amides is 2. The smallest absolute Gasteiger partial charge is 0.374 e. The second kappa shape index (κ2) is 6.33. The van der Waals surface area contributed by atoms with Crippen molar-refractivity contribution in [1.29, 1.82) is 0 Å². The van der Waals surface area contributed by atoms with Crippen molar-refractivity contribution >= 4 is 6.03 Å². The zero-order chi connectivity index (χ0) is 16.3. The molecule has 0 unspecified atom stereocenters. The molecule has 0 aliphatic heterocycles. The normalized spacial score (nSPS) is 14.9. The summed E-state index contributed by atoms with van der Waals surface area (Å²) in [5.41, 5.74) is -3.11. The van der Waals surface area contributed by atoms with Crippen molar-refractivity contribution in [2.75, 3.05) is 6.54 Å². The van der Waals surface area contributed by atoms with Crippen LogP contribution in [0.2, 0.25) is 0 Å². The molecule has 120 valence electrons. The van der Waals surface area contributed by atoms with Crippen molar-refractivity contribution in [3.63, 3.8) is 0 Å². The number of imidazole rings is 1. The fraction of sp³-hybridized carbons (Fsp3) is 0.667. The van der Waals surface area contributed by atoms with Crippen LogP contribution in [-0.4, -0.2) is 39.5 Å². The van der Waals surface area contributed by atoms with Crippen molar-refractivity contribution in [3.05, 3.63) is 18.2 Å². The van der Waals surface area contributed by atoms with Crippen LogP contribution in [0.25, 0.3) is 0 Å². The number of alkyl halides is 3. The molecule has 2 amide bonds. The van der Waals surface area contributed by atoms with Gasteiger partial charge in [-0.15, -0.1) is 0 Å². The number of aryl methyl sites for hydroxylation is 1. The Morgan fingerprint density at radius 2 is 2.10 bits per heavy atom. The van der Waals surface area contributed by atoms with Gasteiger partial charge in [0, 0.05) is 38.4 Å². The van der Waals surface area contributed by atoms with Crippen molar-refractivity contribution in [2.45, 2.75) is 38.1 Å². The molecule has 1 rings (SSSR count). The lowest BCUT2D eigenvalue weighted by molar-refractivity contribution is -0.272. The highest BCUT2D eigenvalue weighted by molar-refractivity contribution is 5.74. The second-order valence-electron chi connectivity index (χ2n) is 5.02. The zero-order valence-corrected chi connectivity index (χ0v) is 12.0. The summed E-state index contributed by atoms with van der Waals surface area (Å²) in [6.07, 6.45) is -3.15. The van der Waals surface area contributed by atoms with Gasteiger partial charge in [0.2, 0.25) is 5.60 Å². The molecule has 0 saturated carbocycles. The van der Waals surface area contributed by atoms with E-state index < -0.39 is 30.1 Å². The highest BCUT2D eigenvalue weighted by Gasteiger charge is 2.57. The molecule has 21 heavy (non-hydrogen) atoms. The first-order valence-electron chi connectivity index (χ1n) is 6.39. The van der Waals surface area contributed by atoms with Crippen LogP contribution in [0, 0.1) is 0 Å². The molecule has 9 heteroatoms. The number of halogens is 3. The number of rotatable bonds is 5. The van der Waals surface area contributed by atoms with Gasteiger partial charge in [0.15, 0.2) is 0 Å². The minimum absolute atomic E-state index is 0.138. The number of aliphatic hydroxyl groups is 1. The minimum atomic E-state index is -4.90. The first kappa shape index (κ1) is 17.3. The van der Waals surface area contributed by atoms with Crippen molar-refractivity contribution in [2.24, 2.45) is 7.05 Å². The van der Waals surface area contributed by atoms with E-state index in [9.17, 15) is 23.1 Å². The van der Waals surface area contributed by atoms with Crippen molar-refractivity contribution < 1.29 is 23.1 Å². The Morgan fingerprint density at radius 1 is 1.48 bits per heavy atom. The van der Waals surface area contributed by atoms with Crippen LogP contribution >= 0.6 is 0 Å². The van der Waals surface area contributed by atoms with Crippen LogP contribution in [0.4, 0.5) is 18.0 Å². The van der Waals surface area contributed by atoms with E-state index in [1.165, 1.54) is 19.4 Å². The lowest BCUT2D eigenvalue weighted by Crippen LogP contribution is -2.48. The van der Waals surface area contributed by atoms with E-state index in [1.54, 1.807) is 13.8 Å². The first-order valence-corrected chi connectivity index (χ1v) is 6.39. The van der Waals surface area contributed by atoms with Gasteiger partial charge < -0.3 is 20.3 Å². The predicted molar refractivity (Wildman–Crippen MR) is 69.4 cm³/mol. The third-order valence-corrected chi connectivity index (χ3v) is 2.85. The third-order valence-electron chi connectivity index (χ3n) is 2.85. The third kappa shape index (κ3) is 4.10. The van der Waals surface area contributed by atoms with E-state index in [2.05, 4.69) is 15.6 Å². The van der Waals surface area contributed by atoms with Gasteiger partial charge in [-0.2, -0.15) is 13.2 Å². The predicted octanol–water partition coefficient (Wildman–Crippen LogP) is 1.27. The fourth-order valence-corrected chi connectivity index (χ4v) is 1.81. The van der Waals surface area contributed by atoms with Gasteiger partial charge >= 0.3 is 12.2 Å². The summed E-state index contributed by atoms with van der Waals surface area (Å²) in [4.78, 5) is 14.9. The molecule has 0 aromatic carbocycles. The molecular formula is C12H19F3N4O2. The molecule has 1 aromatic heterocycles. The van der Waals surface area contributed by atoms with Crippen LogP contribution in [0.15, 0.2) is 12.4 Å². The standard InChI is InChI=1S/C12H19F3N4O2/c1-8(2)18-10(20)17-5-4-11(21,12(13,14)15)9-16-6-7-19(9)3/h6-8,21H,4-5H2,1-3H3,(H2,17,18,20)/t11-/m1/s1. The molecule has 1 aromatic rings. The second-order valence-corrected chi connectivity index (χ2v) is 5.02. The highest BCUT2D eigenvalue weighted by Crippen LogP contribution is 2.40. The van der Waals surface area contributed by atoms with E-state index in [-0.39, 0.29) is 12.6 Å². The maximum absolute atomic E-state index is 13.2. The molecule has 1 heterocycles. The summed E-state index contributed by atoms with van der Waals surface area (Å²) in [6.45, 7) is 3.10. The van der Waals surface area contributed by atoms with E-state index >= 15 is 0 Å². The average molecular weight is 308 g/mol. The maximum Gasteiger partial charge on any atom is 0.424 e. The van der Waals surface area contributed by atoms with Crippen LogP contribution in [-0.2, 0) is 12.6 Å². The molecule has 0 bridgehead atoms. The Balaban J connectivity index is 2.78. The summed E-state index contributed by atoms with van der Waals surface area (Å²) in [5.74, 6) is -0.513. The molecule has 3 N–H and O–H groups in total. The number of carbonyl (C=O) groups is 1. The van der Waals surface area contributed by atoms with Gasteiger partial charge in [0.05, 0.1) is 0 Å². The summed E-state index contributed by atoms with van der Waals surface area (Å²) in [7, 11) is 1.36. The van der Waals surface area contributed by atoms with E-state index in [1.807, 2.05) is 0 Å². The Labute approximate surface area is 120 Å². The molecular weight excluding hydrogens is 289 g/mol. The van der Waals surface area contributed by atoms with Gasteiger partial charge in [-0.3, -0.25) is 0 Å². The molecule has 1 atom stereocenters. The van der Waals surface area contributed by atoms with Crippen molar-refractivity contribution in [1.82, 2.24) is 20.2 Å². The number of hydrogen-bond acceptors (Lipinski definition) is 3. The number of nitrogens with zero attached hydrogens (tertiary/aromatic N) is 2. The van der Waals surface area contributed by atoms with Crippen LogP contribution < -0.4 is 10.6 Å². The lowest BCUT2D eigenvalue weighted by Gasteiger charge is -2.30. The largest absolute Gasteiger partial charge is 0.424 e. The molecule has 0 fully saturated rings. The molecule has 0 aliphatic rings. The van der Waals surface area contributed by atoms with Gasteiger partial charge in [-0.1, -0.05) is 0 Å². The number of hydrogen-bond donors (Lipinski definition) is 3. The Morgan fingerprint density at radius 3 is 2.52 bits per heavy atom. The number of nitrogens with one attached hydrogen (secondary N) is 2. The van der Waals surface area contributed by atoms with Crippen LogP contribution in [0.5, 0.6) is 0 Å². The topological polar surface area (TPSA) is 79.2 Å². The SMILES string of the molecule is CC(C)NC(=O)NCC[C@@](O)(c1nccn1C)C(F)(F)F. The molecule has 0 spiro atoms. The first-order chi connectivity index (χ1) is 9.58. The summed E-state index contributed by atoms with van der Waals surface area (Å²) < 4.78 is 40.6. The van der Waals surface area contributed by atoms with Crippen LogP contribution in [0.1, 0.15) is 26.1 Å². The lowest BCUT2D eigenvalue weighted by atomic mass is 9.97. The molecule has 6 nitrogen and oxygen atoms in total. The van der Waals surface area contributed by atoms with Gasteiger partial charge in [-0.25, -0.2) is 9.78 Å². The number of carbonyl (C=O) groups excluding carboxylic acids is 1. The minimum Gasteiger partial charge on any atom is -0.374 e. The van der Waals surface area contributed by atoms with Gasteiger partial charge in [0.25, 0.3) is 0 Å². The van der Waals surface area contributed by atoms with Crippen molar-refractivity contribution in [3.8, 4) is 0 Å². The quantitative estimate of drug-likeness (QED) is 0.766. The van der Waals surface area contributed by atoms with Gasteiger partial charge in [-0.05, 0) is 13.8 Å². The average Bonchev–Trinajstić information content (AvgIpc) is 2.73. The molecule has 0 saturated heterocycles. The molecule has 0 radical (unpaired) electrons. The summed E-state index contributed by atoms with van der Waals surface area (Å²) in [6, 6.07) is -0.726. The van der Waals surface area contributed by atoms with Gasteiger partial charge in [0.1, 0.15) is 5.82 Å². The summed E-state index contributed by atoms with van der Waals surface area (Å²) >= 11 is 0. The van der Waals surface area contributed by atoms with E-state index in [0.29, 0.717) is 0 Å². The van der Waals surface area contributed by atoms with E-state index in [4.69, 9.17) is 0 Å². The Hall–Kier alpha value is -1.77. The summed E-state index contributed by atoms with van der Waals surface area (Å²) in [5, 5.41) is 14.8. The maximum atomic E-state index is 13.2. The number of aromatic nitrogens is 2.